The highest BCUT2D eigenvalue weighted by molar-refractivity contribution is 5.81. The Morgan fingerprint density at radius 1 is 1.25 bits per heavy atom. The Labute approximate surface area is 122 Å². The first-order valence-corrected chi connectivity index (χ1v) is 7.44. The van der Waals surface area contributed by atoms with Gasteiger partial charge in [0.25, 0.3) is 0 Å². The summed E-state index contributed by atoms with van der Waals surface area (Å²) >= 11 is 0. The van der Waals surface area contributed by atoms with Gasteiger partial charge < -0.3 is 10.8 Å². The lowest BCUT2D eigenvalue weighted by molar-refractivity contribution is -0.143. The predicted octanol–water partition coefficient (Wildman–Crippen LogP) is 3.36. The number of primary amides is 1. The average molecular weight is 283 g/mol. The summed E-state index contributed by atoms with van der Waals surface area (Å²) in [7, 11) is 0. The van der Waals surface area contributed by atoms with E-state index < -0.39 is 17.8 Å². The van der Waals surface area contributed by atoms with Crippen LogP contribution in [0.25, 0.3) is 0 Å². The molecule has 0 heterocycles. The van der Waals surface area contributed by atoms with Gasteiger partial charge in [-0.1, -0.05) is 45.3 Å². The van der Waals surface area contributed by atoms with Crippen LogP contribution in [0.4, 0.5) is 0 Å². The lowest BCUT2D eigenvalue weighted by Gasteiger charge is -2.16. The van der Waals surface area contributed by atoms with Crippen molar-refractivity contribution in [2.75, 3.05) is 0 Å². The van der Waals surface area contributed by atoms with E-state index in [4.69, 9.17) is 10.8 Å². The highest BCUT2D eigenvalue weighted by Gasteiger charge is 2.20. The number of carbonyl (C=O) groups excluding carboxylic acids is 1. The van der Waals surface area contributed by atoms with Crippen molar-refractivity contribution in [3.05, 3.63) is 11.6 Å². The molecular weight excluding hydrogens is 254 g/mol. The molecule has 0 aromatic rings. The number of nitrogens with two attached hydrogens (primary N) is 1. The summed E-state index contributed by atoms with van der Waals surface area (Å²) in [6.07, 6.45) is 5.95. The molecule has 0 spiro atoms. The van der Waals surface area contributed by atoms with Gasteiger partial charge in [-0.2, -0.15) is 0 Å². The van der Waals surface area contributed by atoms with Gasteiger partial charge in [0.05, 0.1) is 5.92 Å². The van der Waals surface area contributed by atoms with Gasteiger partial charge in [0, 0.05) is 6.42 Å². The number of hydrogen-bond donors (Lipinski definition) is 2. The molecule has 4 nitrogen and oxygen atoms in total. The Morgan fingerprint density at radius 2 is 1.85 bits per heavy atom. The van der Waals surface area contributed by atoms with Crippen LogP contribution < -0.4 is 5.73 Å². The molecule has 0 aliphatic carbocycles. The molecule has 4 heteroatoms. The molecule has 0 aromatic carbocycles. The van der Waals surface area contributed by atoms with Gasteiger partial charge in [-0.3, -0.25) is 9.59 Å². The van der Waals surface area contributed by atoms with E-state index in [1.165, 1.54) is 12.8 Å². The molecule has 20 heavy (non-hydrogen) atoms. The van der Waals surface area contributed by atoms with E-state index in [-0.39, 0.29) is 6.42 Å². The van der Waals surface area contributed by atoms with E-state index >= 15 is 0 Å². The molecule has 0 rings (SSSR count). The van der Waals surface area contributed by atoms with Crippen LogP contribution in [0.2, 0.25) is 0 Å². The van der Waals surface area contributed by atoms with Gasteiger partial charge in [0.15, 0.2) is 0 Å². The predicted molar refractivity (Wildman–Crippen MR) is 81.2 cm³/mol. The summed E-state index contributed by atoms with van der Waals surface area (Å²) < 4.78 is 0. The van der Waals surface area contributed by atoms with E-state index in [0.717, 1.165) is 12.0 Å². The van der Waals surface area contributed by atoms with E-state index in [1.807, 2.05) is 6.92 Å². The topological polar surface area (TPSA) is 80.4 Å². The van der Waals surface area contributed by atoms with Crippen molar-refractivity contribution in [3.8, 4) is 0 Å². The number of carboxylic acid groups (broad SMARTS) is 1. The minimum atomic E-state index is -0.955. The first-order chi connectivity index (χ1) is 9.26. The smallest absolute Gasteiger partial charge is 0.307 e. The first kappa shape index (κ1) is 18.7. The highest BCUT2D eigenvalue weighted by atomic mass is 16.4. The van der Waals surface area contributed by atoms with Crippen molar-refractivity contribution in [2.24, 2.45) is 23.5 Å². The second-order valence-corrected chi connectivity index (χ2v) is 6.03. The summed E-state index contributed by atoms with van der Waals surface area (Å²) in [5.74, 6) is -1.11. The number of hydrogen-bond acceptors (Lipinski definition) is 2. The SMILES string of the molecule is CCCC(C)CC(C)/C=C(\C)CC(CC(N)=O)C(=O)O. The molecule has 0 radical (unpaired) electrons. The Bertz CT molecular complexity index is 350. The first-order valence-electron chi connectivity index (χ1n) is 7.44. The molecule has 0 aliphatic heterocycles. The summed E-state index contributed by atoms with van der Waals surface area (Å²) in [6, 6.07) is 0. The molecule has 0 saturated heterocycles. The zero-order valence-corrected chi connectivity index (χ0v) is 13.2. The van der Waals surface area contributed by atoms with Crippen LogP contribution in [0.5, 0.6) is 0 Å². The maximum Gasteiger partial charge on any atom is 0.307 e. The normalized spacial score (nSPS) is 16.5. The maximum atomic E-state index is 11.1. The Morgan fingerprint density at radius 3 is 2.30 bits per heavy atom. The van der Waals surface area contributed by atoms with Crippen LogP contribution in [-0.4, -0.2) is 17.0 Å². The summed E-state index contributed by atoms with van der Waals surface area (Å²) in [4.78, 5) is 22.0. The lowest BCUT2D eigenvalue weighted by atomic mass is 9.90. The largest absolute Gasteiger partial charge is 0.481 e. The second-order valence-electron chi connectivity index (χ2n) is 6.03. The van der Waals surface area contributed by atoms with E-state index in [0.29, 0.717) is 18.3 Å². The molecule has 0 saturated carbocycles. The van der Waals surface area contributed by atoms with Crippen molar-refractivity contribution in [2.45, 2.75) is 59.8 Å². The number of rotatable bonds is 10. The molecular formula is C16H29NO3. The van der Waals surface area contributed by atoms with Crippen LogP contribution in [0.1, 0.15) is 59.8 Å². The van der Waals surface area contributed by atoms with Crippen LogP contribution in [0, 0.1) is 17.8 Å². The molecule has 3 unspecified atom stereocenters. The third kappa shape index (κ3) is 8.73. The Hall–Kier alpha value is -1.32. The highest BCUT2D eigenvalue weighted by Crippen LogP contribution is 2.22. The third-order valence-electron chi connectivity index (χ3n) is 3.49. The minimum Gasteiger partial charge on any atom is -0.481 e. The van der Waals surface area contributed by atoms with Crippen LogP contribution in [0.3, 0.4) is 0 Å². The van der Waals surface area contributed by atoms with Crippen molar-refractivity contribution in [1.82, 2.24) is 0 Å². The summed E-state index contributed by atoms with van der Waals surface area (Å²) in [5, 5.41) is 9.09. The van der Waals surface area contributed by atoms with Crippen LogP contribution >= 0.6 is 0 Å². The number of amides is 1. The molecule has 3 N–H and O–H groups in total. The molecule has 0 fully saturated rings. The molecule has 116 valence electrons. The van der Waals surface area contributed by atoms with Gasteiger partial charge in [-0.15, -0.1) is 0 Å². The standard InChI is InChI=1S/C16H29NO3/c1-5-6-11(2)7-12(3)8-13(4)9-14(16(19)20)10-15(17)18/h8,11-12,14H,5-7,9-10H2,1-4H3,(H2,17,18)(H,19,20)/b13-8+. The van der Waals surface area contributed by atoms with Gasteiger partial charge in [-0.25, -0.2) is 0 Å². The third-order valence-corrected chi connectivity index (χ3v) is 3.49. The Balaban J connectivity index is 4.47. The fourth-order valence-corrected chi connectivity index (χ4v) is 2.75. The number of carbonyl (C=O) groups is 2. The van der Waals surface area contributed by atoms with Gasteiger partial charge in [0.2, 0.25) is 5.91 Å². The zero-order valence-electron chi connectivity index (χ0n) is 13.2. The van der Waals surface area contributed by atoms with Crippen molar-refractivity contribution < 1.29 is 14.7 Å². The van der Waals surface area contributed by atoms with Gasteiger partial charge in [0.1, 0.15) is 0 Å². The van der Waals surface area contributed by atoms with Crippen LogP contribution in [-0.2, 0) is 9.59 Å². The molecule has 1 amide bonds. The summed E-state index contributed by atoms with van der Waals surface area (Å²) in [6.45, 7) is 8.51. The minimum absolute atomic E-state index is 0.0961. The second kappa shape index (κ2) is 9.56. The summed E-state index contributed by atoms with van der Waals surface area (Å²) in [5.41, 5.74) is 6.11. The van der Waals surface area contributed by atoms with E-state index in [9.17, 15) is 9.59 Å². The quantitative estimate of drug-likeness (QED) is 0.603. The van der Waals surface area contributed by atoms with Crippen molar-refractivity contribution in [3.63, 3.8) is 0 Å². The monoisotopic (exact) mass is 283 g/mol. The van der Waals surface area contributed by atoms with E-state index in [2.05, 4.69) is 26.8 Å². The van der Waals surface area contributed by atoms with Crippen LogP contribution in [0.15, 0.2) is 11.6 Å². The number of allylic oxidation sites excluding steroid dienone is 2. The fraction of sp³-hybridized carbons (Fsp3) is 0.750. The average Bonchev–Trinajstić information content (AvgIpc) is 2.26. The van der Waals surface area contributed by atoms with E-state index in [1.54, 1.807) is 0 Å². The molecule has 0 aromatic heterocycles. The van der Waals surface area contributed by atoms with Crippen molar-refractivity contribution >= 4 is 11.9 Å². The zero-order chi connectivity index (χ0) is 15.7. The lowest BCUT2D eigenvalue weighted by Crippen LogP contribution is -2.22. The van der Waals surface area contributed by atoms with Gasteiger partial charge in [-0.05, 0) is 31.6 Å². The molecule has 3 atom stereocenters. The number of carboxylic acids is 1. The van der Waals surface area contributed by atoms with Crippen molar-refractivity contribution in [1.29, 1.82) is 0 Å². The molecule has 0 aliphatic rings. The maximum absolute atomic E-state index is 11.1. The van der Waals surface area contributed by atoms with Gasteiger partial charge >= 0.3 is 5.97 Å². The molecule has 0 bridgehead atoms. The fourth-order valence-electron chi connectivity index (χ4n) is 2.75. The number of aliphatic carboxylic acids is 1. The Kier molecular flexibility index (Phi) is 8.93.